The Morgan fingerprint density at radius 3 is 1.90 bits per heavy atom. The van der Waals surface area contributed by atoms with E-state index in [1.165, 1.54) is 12.1 Å². The van der Waals surface area contributed by atoms with Crippen molar-refractivity contribution in [1.29, 1.82) is 0 Å². The zero-order valence-electron chi connectivity index (χ0n) is 17.4. The Kier molecular flexibility index (Phi) is 6.88. The van der Waals surface area contributed by atoms with E-state index in [0.29, 0.717) is 11.1 Å². The minimum Gasteiger partial charge on any atom is -0.273 e. The molecule has 4 nitrogen and oxygen atoms in total. The molecule has 0 heterocycles. The van der Waals surface area contributed by atoms with Crippen LogP contribution in [0, 0.1) is 6.92 Å². The number of carbonyl (C=O) groups is 1. The van der Waals surface area contributed by atoms with Gasteiger partial charge >= 0.3 is 0 Å². The third-order valence-corrected chi connectivity index (χ3v) is 6.52. The Hall–Kier alpha value is -3.44. The van der Waals surface area contributed by atoms with Crippen LogP contribution in [0.1, 0.15) is 23.1 Å². The van der Waals surface area contributed by atoms with Gasteiger partial charge in [0, 0.05) is 0 Å². The number of aryl methyl sites for hydroxylation is 1. The summed E-state index contributed by atoms with van der Waals surface area (Å²) in [5.41, 5.74) is 1.10. The van der Waals surface area contributed by atoms with E-state index in [1.807, 2.05) is 73.7 Å². The van der Waals surface area contributed by atoms with Crippen molar-refractivity contribution < 1.29 is 13.2 Å². The Morgan fingerprint density at radius 2 is 1.42 bits per heavy atom. The van der Waals surface area contributed by atoms with Gasteiger partial charge in [-0.1, -0.05) is 103 Å². The molecule has 3 aromatic carbocycles. The first-order valence-electron chi connectivity index (χ1n) is 9.93. The molecule has 31 heavy (non-hydrogen) atoms. The van der Waals surface area contributed by atoms with Crippen molar-refractivity contribution >= 4 is 15.9 Å². The molecule has 1 amide bonds. The van der Waals surface area contributed by atoms with E-state index in [1.54, 1.807) is 24.3 Å². The number of amides is 1. The van der Waals surface area contributed by atoms with E-state index in [2.05, 4.69) is 11.3 Å². The van der Waals surface area contributed by atoms with Crippen LogP contribution < -0.4 is 4.72 Å². The minimum atomic E-state index is -4.05. The highest BCUT2D eigenvalue weighted by Gasteiger charge is 2.42. The van der Waals surface area contributed by atoms with Crippen molar-refractivity contribution in [1.82, 2.24) is 4.72 Å². The third-order valence-electron chi connectivity index (χ3n) is 5.18. The van der Waals surface area contributed by atoms with Gasteiger partial charge in [0.25, 0.3) is 10.0 Å². The van der Waals surface area contributed by atoms with Crippen LogP contribution in [0.25, 0.3) is 0 Å². The molecule has 0 aliphatic carbocycles. The molecule has 0 aliphatic rings. The fraction of sp³-hybridized carbons (Fsp3) is 0.115. The lowest BCUT2D eigenvalue weighted by molar-refractivity contribution is -0.123. The van der Waals surface area contributed by atoms with Crippen LogP contribution in [0.15, 0.2) is 115 Å². The molecule has 0 bridgehead atoms. The van der Waals surface area contributed by atoms with E-state index in [0.717, 1.165) is 5.56 Å². The molecule has 5 heteroatoms. The van der Waals surface area contributed by atoms with Crippen molar-refractivity contribution in [3.8, 4) is 0 Å². The van der Waals surface area contributed by atoms with Gasteiger partial charge in [0.2, 0.25) is 5.91 Å². The van der Waals surface area contributed by atoms with Crippen molar-refractivity contribution in [2.24, 2.45) is 0 Å². The van der Waals surface area contributed by atoms with Gasteiger partial charge in [-0.05, 0) is 36.6 Å². The van der Waals surface area contributed by atoms with Crippen molar-refractivity contribution in [3.63, 3.8) is 0 Å². The smallest absolute Gasteiger partial charge is 0.264 e. The predicted molar refractivity (Wildman–Crippen MR) is 124 cm³/mol. The van der Waals surface area contributed by atoms with Crippen LogP contribution >= 0.6 is 0 Å². The van der Waals surface area contributed by atoms with Crippen LogP contribution in [0.2, 0.25) is 0 Å². The lowest BCUT2D eigenvalue weighted by Gasteiger charge is -2.32. The molecule has 0 saturated carbocycles. The highest BCUT2D eigenvalue weighted by molar-refractivity contribution is 7.90. The highest BCUT2D eigenvalue weighted by atomic mass is 32.2. The minimum absolute atomic E-state index is 0.0445. The summed E-state index contributed by atoms with van der Waals surface area (Å²) in [6, 6.07) is 24.8. The maximum Gasteiger partial charge on any atom is 0.264 e. The molecule has 0 radical (unpaired) electrons. The number of hydrogen-bond acceptors (Lipinski definition) is 3. The fourth-order valence-corrected chi connectivity index (χ4v) is 4.56. The van der Waals surface area contributed by atoms with E-state index in [4.69, 9.17) is 0 Å². The zero-order chi connectivity index (χ0) is 22.3. The molecule has 0 fully saturated rings. The summed E-state index contributed by atoms with van der Waals surface area (Å²) in [7, 11) is -4.05. The molecular weight excluding hydrogens is 406 g/mol. The SMILES string of the molecule is C=C/C=C/CC(C(=O)NS(=O)(=O)c1ccc(C)cc1)(c1ccccc1)c1ccccc1. The molecule has 3 aromatic rings. The van der Waals surface area contributed by atoms with E-state index in [-0.39, 0.29) is 11.3 Å². The first-order chi connectivity index (χ1) is 14.9. The van der Waals surface area contributed by atoms with Crippen molar-refractivity contribution in [2.75, 3.05) is 0 Å². The number of carbonyl (C=O) groups excluding carboxylic acids is 1. The molecule has 0 unspecified atom stereocenters. The molecule has 0 aliphatic heterocycles. The quantitative estimate of drug-likeness (QED) is 0.515. The van der Waals surface area contributed by atoms with Crippen LogP contribution in [0.4, 0.5) is 0 Å². The predicted octanol–water partition coefficient (Wildman–Crippen LogP) is 4.92. The van der Waals surface area contributed by atoms with Gasteiger partial charge < -0.3 is 0 Å². The number of hydrogen-bond donors (Lipinski definition) is 1. The lowest BCUT2D eigenvalue weighted by atomic mass is 9.71. The Bertz CT molecular complexity index is 1130. The maximum absolute atomic E-state index is 13.8. The number of nitrogens with one attached hydrogen (secondary N) is 1. The topological polar surface area (TPSA) is 63.2 Å². The molecule has 158 valence electrons. The van der Waals surface area contributed by atoms with Crippen LogP contribution in [0.5, 0.6) is 0 Å². The number of benzene rings is 3. The normalized spacial score (nSPS) is 11.9. The summed E-state index contributed by atoms with van der Waals surface area (Å²) in [6.07, 6.45) is 5.47. The molecule has 0 aromatic heterocycles. The Labute approximate surface area is 184 Å². The fourth-order valence-electron chi connectivity index (χ4n) is 3.53. The van der Waals surface area contributed by atoms with Crippen LogP contribution in [-0.2, 0) is 20.2 Å². The second-order valence-corrected chi connectivity index (χ2v) is 8.94. The van der Waals surface area contributed by atoms with Gasteiger partial charge in [-0.2, -0.15) is 0 Å². The average molecular weight is 432 g/mol. The van der Waals surface area contributed by atoms with Gasteiger partial charge in [0.05, 0.1) is 4.90 Å². The Morgan fingerprint density at radius 1 is 0.903 bits per heavy atom. The number of rotatable bonds is 8. The van der Waals surface area contributed by atoms with Crippen molar-refractivity contribution in [2.45, 2.75) is 23.7 Å². The second kappa shape index (κ2) is 9.58. The number of sulfonamides is 1. The number of allylic oxidation sites excluding steroid dienone is 3. The summed E-state index contributed by atoms with van der Waals surface area (Å²) >= 11 is 0. The highest BCUT2D eigenvalue weighted by Crippen LogP contribution is 2.37. The molecule has 1 N–H and O–H groups in total. The first-order valence-corrected chi connectivity index (χ1v) is 11.4. The second-order valence-electron chi connectivity index (χ2n) is 7.25. The van der Waals surface area contributed by atoms with Gasteiger partial charge in [-0.15, -0.1) is 0 Å². The lowest BCUT2D eigenvalue weighted by Crippen LogP contribution is -2.47. The molecular formula is C26H25NO3S. The average Bonchev–Trinajstić information content (AvgIpc) is 2.78. The van der Waals surface area contributed by atoms with Crippen molar-refractivity contribution in [3.05, 3.63) is 126 Å². The largest absolute Gasteiger partial charge is 0.273 e. The molecule has 0 atom stereocenters. The van der Waals surface area contributed by atoms with Gasteiger partial charge in [-0.3, -0.25) is 4.79 Å². The zero-order valence-corrected chi connectivity index (χ0v) is 18.2. The van der Waals surface area contributed by atoms with E-state index >= 15 is 0 Å². The van der Waals surface area contributed by atoms with E-state index < -0.39 is 21.3 Å². The maximum atomic E-state index is 13.8. The molecule has 0 saturated heterocycles. The van der Waals surface area contributed by atoms with Gasteiger partial charge in [0.1, 0.15) is 5.41 Å². The summed E-state index contributed by atoms with van der Waals surface area (Å²) in [4.78, 5) is 13.8. The van der Waals surface area contributed by atoms with Gasteiger partial charge in [0.15, 0.2) is 0 Å². The monoisotopic (exact) mass is 431 g/mol. The van der Waals surface area contributed by atoms with Gasteiger partial charge in [-0.25, -0.2) is 13.1 Å². The third kappa shape index (κ3) is 4.84. The van der Waals surface area contributed by atoms with E-state index in [9.17, 15) is 13.2 Å². The molecule has 3 rings (SSSR count). The van der Waals surface area contributed by atoms with Crippen LogP contribution in [0.3, 0.4) is 0 Å². The summed E-state index contributed by atoms with van der Waals surface area (Å²) in [5, 5.41) is 0. The summed E-state index contributed by atoms with van der Waals surface area (Å²) in [6.45, 7) is 5.57. The summed E-state index contributed by atoms with van der Waals surface area (Å²) < 4.78 is 28.4. The first kappa shape index (κ1) is 22.2. The molecule has 0 spiro atoms. The standard InChI is InChI=1S/C26H25NO3S/c1-3-4-11-20-26(22-12-7-5-8-13-22,23-14-9-6-10-15-23)25(28)27-31(29,30)24-18-16-21(2)17-19-24/h3-19H,1,20H2,2H3,(H,27,28)/b11-4+. The Balaban J connectivity index is 2.14. The van der Waals surface area contributed by atoms with Crippen LogP contribution in [-0.4, -0.2) is 14.3 Å². The summed E-state index contributed by atoms with van der Waals surface area (Å²) in [5.74, 6) is -0.612.